The maximum absolute atomic E-state index is 17.0. The number of rotatable bonds is 7. The molecule has 3 aliphatic heterocycles. The quantitative estimate of drug-likeness (QED) is 0.114. The van der Waals surface area contributed by atoms with Crippen LogP contribution in [0.2, 0.25) is 0 Å². The molecule has 3 saturated heterocycles. The molecule has 2 aromatic carbocycles. The molecule has 3 fully saturated rings. The van der Waals surface area contributed by atoms with Crippen LogP contribution in [-0.2, 0) is 16.5 Å². The molecular formula is C37H38F3N6O3PSTl+. The van der Waals surface area contributed by atoms with Crippen molar-refractivity contribution in [1.82, 2.24) is 24.8 Å². The first-order valence-corrected chi connectivity index (χ1v) is 27.5. The summed E-state index contributed by atoms with van der Waals surface area (Å²) in [6.45, 7) is 8.36. The summed E-state index contributed by atoms with van der Waals surface area (Å²) in [5.74, 6) is 2.33. The van der Waals surface area contributed by atoms with Crippen LogP contribution in [0.4, 0.5) is 23.8 Å². The van der Waals surface area contributed by atoms with Crippen molar-refractivity contribution >= 4 is 72.5 Å². The average Bonchev–Trinajstić information content (AvgIpc) is 3.60. The van der Waals surface area contributed by atoms with Gasteiger partial charge in [0, 0.05) is 32.0 Å². The Morgan fingerprint density at radius 3 is 2.77 bits per heavy atom. The normalized spacial score (nSPS) is 20.2. The molecule has 0 unspecified atom stereocenters. The molecule has 0 saturated carbocycles. The molecule has 4 aromatic rings. The predicted molar refractivity (Wildman–Crippen MR) is 200 cm³/mol. The fourth-order valence-electron chi connectivity index (χ4n) is 7.65. The second-order valence-electron chi connectivity index (χ2n) is 14.8. The molecule has 1 amide bonds. The number of halogens is 3. The Bertz CT molecular complexity index is 2190. The van der Waals surface area contributed by atoms with Crippen molar-refractivity contribution in [3.63, 3.8) is 0 Å². The third kappa shape index (κ3) is 7.50. The number of likely N-dealkylation sites (tertiary alicyclic amines) is 1. The topological polar surface area (TPSA) is 83.9 Å². The van der Waals surface area contributed by atoms with Gasteiger partial charge in [-0.15, -0.1) is 0 Å². The van der Waals surface area contributed by atoms with Crippen molar-refractivity contribution in [3.05, 3.63) is 53.7 Å². The standard InChI is InChI=1S/C37H38F3N6O3.PS.Tl/c1-6-25-28(39)12-11-23-9-7-10-26(29(23)25)31-30(40)32-27(16-41-31)33(44(5)17-22-18-45(19-22)35(47)49-36(2,3)4)43-34(42-32)48-21-37-13-8-14-46(37)20-24(38)15-37;1-2;/h7,9-12,16,22,24H,8,13-15,17-21H2,2-5H3;;/q;-1;+2/t24-,37+;;/m1../s1. The summed E-state index contributed by atoms with van der Waals surface area (Å²) in [6.07, 6.45) is 2.35. The van der Waals surface area contributed by atoms with Gasteiger partial charge in [0.1, 0.15) is 11.8 Å². The molecule has 3 aliphatic rings. The number of nitrogens with zero attached hydrogens (tertiary/aromatic N) is 6. The van der Waals surface area contributed by atoms with E-state index in [1.54, 1.807) is 23.1 Å². The summed E-state index contributed by atoms with van der Waals surface area (Å²) in [7, 11) is 1.85. The summed E-state index contributed by atoms with van der Waals surface area (Å²) in [6, 6.07) is 8.31. The molecule has 5 heterocycles. The van der Waals surface area contributed by atoms with E-state index in [0.717, 1.165) is 23.4 Å². The molecular weight excluding hydrogens is 901 g/mol. The molecule has 0 spiro atoms. The number of anilines is 1. The number of hydrogen-bond acceptors (Lipinski definition) is 9. The summed E-state index contributed by atoms with van der Waals surface area (Å²) in [5.41, 5.74) is -0.466. The number of amides is 1. The average molecular weight is 939 g/mol. The number of pyridine rings is 1. The van der Waals surface area contributed by atoms with Crippen LogP contribution in [0.25, 0.3) is 32.9 Å². The summed E-state index contributed by atoms with van der Waals surface area (Å²) in [4.78, 5) is 32.2. The second-order valence-corrected chi connectivity index (χ2v) is 27.4. The zero-order valence-corrected chi connectivity index (χ0v) is 35.7. The molecule has 268 valence electrons. The number of hydrogen-bond donors (Lipinski definition) is 0. The van der Waals surface area contributed by atoms with Gasteiger partial charge in [-0.1, -0.05) is 0 Å². The van der Waals surface area contributed by atoms with Gasteiger partial charge in [0.15, 0.2) is 0 Å². The van der Waals surface area contributed by atoms with Gasteiger partial charge < -0.3 is 9.64 Å². The van der Waals surface area contributed by atoms with Crippen molar-refractivity contribution in [3.8, 4) is 26.7 Å². The van der Waals surface area contributed by atoms with Gasteiger partial charge in [0.05, 0.1) is 5.54 Å². The van der Waals surface area contributed by atoms with E-state index in [1.807, 2.05) is 38.8 Å². The maximum atomic E-state index is 17.0. The fourth-order valence-corrected chi connectivity index (χ4v) is 11.1. The van der Waals surface area contributed by atoms with E-state index < -0.39 is 52.1 Å². The van der Waals surface area contributed by atoms with E-state index in [1.165, 1.54) is 12.3 Å². The number of alkyl halides is 1. The monoisotopic (exact) mass is 939 g/mol. The third-order valence-corrected chi connectivity index (χ3v) is 16.2. The van der Waals surface area contributed by atoms with Crippen molar-refractivity contribution in [2.24, 2.45) is 5.92 Å². The third-order valence-electron chi connectivity index (χ3n) is 9.94. The molecule has 2 aromatic heterocycles. The van der Waals surface area contributed by atoms with Crippen molar-refractivity contribution in [2.75, 3.05) is 51.3 Å². The van der Waals surface area contributed by atoms with E-state index in [-0.39, 0.29) is 41.4 Å². The van der Waals surface area contributed by atoms with E-state index in [0.29, 0.717) is 60.1 Å². The number of aromatic nitrogens is 3. The van der Waals surface area contributed by atoms with Crippen LogP contribution in [0.5, 0.6) is 6.01 Å². The first-order chi connectivity index (χ1) is 24.9. The summed E-state index contributed by atoms with van der Waals surface area (Å²) >= 11 is 3.56. The summed E-state index contributed by atoms with van der Waals surface area (Å²) < 4.78 is 62.6. The molecule has 9 nitrogen and oxygen atoms in total. The van der Waals surface area contributed by atoms with Crippen molar-refractivity contribution in [1.29, 1.82) is 0 Å². The molecule has 52 heavy (non-hydrogen) atoms. The zero-order chi connectivity index (χ0) is 36.8. The number of benzene rings is 2. The first-order valence-electron chi connectivity index (χ1n) is 17.3. The van der Waals surface area contributed by atoms with Crippen LogP contribution in [-0.4, -0.2) is 118 Å². The molecule has 0 N–H and O–H groups in total. The Kier molecular flexibility index (Phi) is 10.7. The molecule has 7 rings (SSSR count). The van der Waals surface area contributed by atoms with Gasteiger partial charge in [-0.25, -0.2) is 9.18 Å². The van der Waals surface area contributed by atoms with E-state index >= 15 is 8.78 Å². The van der Waals surface area contributed by atoms with Gasteiger partial charge in [0.25, 0.3) is 0 Å². The Balaban J connectivity index is 1.27. The molecule has 0 bridgehead atoms. The van der Waals surface area contributed by atoms with E-state index in [2.05, 4.69) is 24.3 Å². The fraction of sp³-hybridized carbons (Fsp3) is 0.459. The minimum atomic E-state index is -1.52. The Morgan fingerprint density at radius 2 is 2.00 bits per heavy atom. The molecule has 2 atom stereocenters. The number of carbonyl (C=O) groups is 1. The number of fused-ring (bicyclic) bond motifs is 3. The predicted octanol–water partition coefficient (Wildman–Crippen LogP) is 6.72. The Labute approximate surface area is 317 Å². The van der Waals surface area contributed by atoms with E-state index in [4.69, 9.17) is 26.3 Å². The van der Waals surface area contributed by atoms with Gasteiger partial charge >= 0.3 is 206 Å². The van der Waals surface area contributed by atoms with Crippen LogP contribution in [0, 0.1) is 27.0 Å². The Morgan fingerprint density at radius 1 is 1.19 bits per heavy atom. The second kappa shape index (κ2) is 15.0. The first kappa shape index (κ1) is 37.3. The van der Waals surface area contributed by atoms with Gasteiger partial charge in [-0.05, 0) is 40.2 Å². The van der Waals surface area contributed by atoms with Crippen LogP contribution < -0.4 is 9.64 Å². The van der Waals surface area contributed by atoms with Gasteiger partial charge in [-0.3, -0.25) is 4.90 Å². The van der Waals surface area contributed by atoms with Crippen LogP contribution in [0.15, 0.2) is 36.5 Å². The molecule has 0 aliphatic carbocycles. The molecule has 0 radical (unpaired) electrons. The minimum absolute atomic E-state index is 0.00142. The summed E-state index contributed by atoms with van der Waals surface area (Å²) in [5, 5.41) is 1.54. The zero-order valence-electron chi connectivity index (χ0n) is 29.5. The van der Waals surface area contributed by atoms with E-state index in [9.17, 15) is 9.18 Å². The number of carbonyl (C=O) groups excluding carboxylic acids is 1. The molecule has 15 heteroatoms. The SMILES string of the molecule is CN(CC1CN(C(=O)OC(C)(C)C)C1)c1nc(OC[C@@]23CCCN2C[C@H](F)C3)nc2c(F)c(-c3cccc4ccc(F)c(C#[C][Tl]=[P+]=S)c34)ncc12. The van der Waals surface area contributed by atoms with Gasteiger partial charge in [0.2, 0.25) is 0 Å². The van der Waals surface area contributed by atoms with Crippen LogP contribution >= 0.6 is 4.00 Å². The van der Waals surface area contributed by atoms with Crippen LogP contribution in [0.1, 0.15) is 45.6 Å². The van der Waals surface area contributed by atoms with Gasteiger partial charge in [-0.2, -0.15) is 0 Å². The van der Waals surface area contributed by atoms with Crippen molar-refractivity contribution < 1.29 is 27.4 Å². The van der Waals surface area contributed by atoms with Crippen molar-refractivity contribution in [2.45, 2.75) is 57.3 Å². The van der Waals surface area contributed by atoms with Crippen LogP contribution in [0.3, 0.4) is 0 Å². The Hall–Kier alpha value is -3.06. The number of ether oxygens (including phenoxy) is 2.